The molecule has 7 aromatic rings. The molecule has 5 aromatic heterocycles. The number of β-amino-alcohol motifs (C(OH)–C–C–N with tert-alkyl or cyclic N) is 1. The highest BCUT2D eigenvalue weighted by atomic mass is 32.1. The first-order chi connectivity index (χ1) is 37.4. The van der Waals surface area contributed by atoms with Crippen LogP contribution in [0.5, 0.6) is 23.3 Å². The van der Waals surface area contributed by atoms with Crippen LogP contribution in [0, 0.1) is 24.7 Å². The molecule has 2 bridgehead atoms. The molecule has 2 aromatic carbocycles. The summed E-state index contributed by atoms with van der Waals surface area (Å²) in [5, 5.41) is 37.1. The highest BCUT2D eigenvalue weighted by Gasteiger charge is 2.42. The van der Waals surface area contributed by atoms with E-state index in [1.807, 2.05) is 79.0 Å². The van der Waals surface area contributed by atoms with E-state index in [1.54, 1.807) is 35.7 Å². The first kappa shape index (κ1) is 51.3. The summed E-state index contributed by atoms with van der Waals surface area (Å²) in [5.74, 6) is 8.74. The van der Waals surface area contributed by atoms with E-state index in [0.29, 0.717) is 65.5 Å². The molecule has 0 spiro atoms. The van der Waals surface area contributed by atoms with Gasteiger partial charge in [-0.05, 0) is 97.6 Å². The summed E-state index contributed by atoms with van der Waals surface area (Å²) in [5.41, 5.74) is 15.0. The van der Waals surface area contributed by atoms with Gasteiger partial charge in [0.05, 0.1) is 51.8 Å². The molecule has 0 radical (unpaired) electrons. The number of aliphatic hydroxyl groups is 1. The van der Waals surface area contributed by atoms with E-state index in [0.717, 1.165) is 71.8 Å². The van der Waals surface area contributed by atoms with Crippen LogP contribution in [0.1, 0.15) is 87.5 Å². The lowest BCUT2D eigenvalue weighted by molar-refractivity contribution is -0.126. The second-order valence-corrected chi connectivity index (χ2v) is 21.7. The number of aromatic hydroxyl groups is 1. The molecule has 18 nitrogen and oxygen atoms in total. The van der Waals surface area contributed by atoms with E-state index < -0.39 is 12.1 Å². The number of carbonyl (C=O) groups excluding carboxylic acids is 1. The van der Waals surface area contributed by atoms with Gasteiger partial charge in [-0.1, -0.05) is 56.2 Å². The third kappa shape index (κ3) is 11.5. The minimum atomic E-state index is -0.614. The topological polar surface area (TPSA) is 223 Å². The smallest absolute Gasteiger partial charge is 0.255 e. The largest absolute Gasteiger partial charge is 0.507 e. The molecule has 1 amide bonds. The molecule has 1 saturated carbocycles. The van der Waals surface area contributed by atoms with Gasteiger partial charge in [0.15, 0.2) is 12.4 Å². The van der Waals surface area contributed by atoms with Gasteiger partial charge in [0.25, 0.3) is 5.88 Å². The number of aromatic nitrogens is 6. The summed E-state index contributed by atoms with van der Waals surface area (Å²) in [7, 11) is 0. The number of fused-ring (bicyclic) bond motifs is 2. The van der Waals surface area contributed by atoms with Crippen LogP contribution in [0.3, 0.4) is 0 Å². The van der Waals surface area contributed by atoms with Gasteiger partial charge in [0.1, 0.15) is 35.2 Å². The maximum atomic E-state index is 13.7. The number of nitrogens with two attached hydrogens (primary N) is 1. The number of nitrogens with one attached hydrogen (secondary N) is 1. The molecule has 4 aliphatic rings. The van der Waals surface area contributed by atoms with E-state index >= 15 is 0 Å². The fraction of sp³-hybridized carbons (Fsp3) is 0.397. The monoisotopic (exact) mass is 1060 g/mol. The molecule has 5 N–H and O–H groups in total. The number of phenolic OH excluding ortho intramolecular Hbond substituents is 1. The molecule has 8 heterocycles. The average molecular weight is 1060 g/mol. The van der Waals surface area contributed by atoms with Gasteiger partial charge >= 0.3 is 0 Å². The molecule has 11 rings (SSSR count). The van der Waals surface area contributed by atoms with E-state index in [-0.39, 0.29) is 60.4 Å². The molecule has 1 aliphatic carbocycles. The molecule has 19 heteroatoms. The van der Waals surface area contributed by atoms with Crippen LogP contribution in [-0.2, 0) is 4.79 Å². The Morgan fingerprint density at radius 2 is 1.70 bits per heavy atom. The third-order valence-electron chi connectivity index (χ3n) is 15.3. The Morgan fingerprint density at radius 3 is 2.44 bits per heavy atom. The predicted molar refractivity (Wildman–Crippen MR) is 293 cm³/mol. The van der Waals surface area contributed by atoms with Crippen molar-refractivity contribution in [2.45, 2.75) is 108 Å². The maximum absolute atomic E-state index is 13.7. The first-order valence-corrected chi connectivity index (χ1v) is 27.3. The van der Waals surface area contributed by atoms with Crippen LogP contribution in [-0.4, -0.2) is 121 Å². The van der Waals surface area contributed by atoms with Gasteiger partial charge in [-0.2, -0.15) is 0 Å². The molecule has 6 atom stereocenters. The van der Waals surface area contributed by atoms with Gasteiger partial charge in [-0.15, -0.1) is 21.5 Å². The second kappa shape index (κ2) is 22.4. The normalized spacial score (nSPS) is 21.7. The number of likely N-dealkylation sites (tertiary alicyclic amines) is 1. The highest BCUT2D eigenvalue weighted by Crippen LogP contribution is 2.41. The van der Waals surface area contributed by atoms with Crippen molar-refractivity contribution in [1.82, 2.24) is 40.5 Å². The second-order valence-electron chi connectivity index (χ2n) is 20.9. The molecular formula is C58H63N11O7S. The SMILES string of the molecule is Cc1ncsc1-c1ccc([C@H](C)NC(=O)[C@@H]2C[C@@H](O)CN2C[C@@H](c2cc(OCC#Cc3ccc(OC4CC(Oc5cc(N6C7CCC6CN(c6cc(-c8ccccc8O)nnc6N)C7)ccn5)C4)cn3)no2)C(C)C)cc1. The lowest BCUT2D eigenvalue weighted by Gasteiger charge is -2.43. The van der Waals surface area contributed by atoms with Crippen LogP contribution >= 0.6 is 11.3 Å². The molecule has 398 valence electrons. The van der Waals surface area contributed by atoms with E-state index in [2.05, 4.69) is 89.3 Å². The number of anilines is 3. The number of para-hydroxylation sites is 1. The number of hydrogen-bond donors (Lipinski definition) is 4. The summed E-state index contributed by atoms with van der Waals surface area (Å²) in [6, 6.07) is 26.7. The summed E-state index contributed by atoms with van der Waals surface area (Å²) < 4.78 is 24.2. The number of nitrogens with zero attached hydrogens (tertiary/aromatic N) is 9. The molecule has 3 aliphatic heterocycles. The van der Waals surface area contributed by atoms with Crippen LogP contribution in [0.4, 0.5) is 17.2 Å². The van der Waals surface area contributed by atoms with Gasteiger partial charge in [0.2, 0.25) is 11.8 Å². The predicted octanol–water partition coefficient (Wildman–Crippen LogP) is 7.97. The number of hydrogen-bond acceptors (Lipinski definition) is 18. The summed E-state index contributed by atoms with van der Waals surface area (Å²) in [6.07, 6.45) is 6.78. The number of aryl methyl sites for hydroxylation is 1. The Kier molecular flexibility index (Phi) is 14.9. The zero-order valence-corrected chi connectivity index (χ0v) is 44.3. The van der Waals surface area contributed by atoms with E-state index in [1.165, 1.54) is 0 Å². The number of amides is 1. The van der Waals surface area contributed by atoms with Crippen molar-refractivity contribution in [3.63, 3.8) is 0 Å². The third-order valence-corrected chi connectivity index (χ3v) is 16.3. The Labute approximate surface area is 451 Å². The van der Waals surface area contributed by atoms with Crippen LogP contribution in [0.25, 0.3) is 21.7 Å². The Hall–Kier alpha value is -7.79. The van der Waals surface area contributed by atoms with Crippen molar-refractivity contribution in [3.05, 3.63) is 126 Å². The first-order valence-electron chi connectivity index (χ1n) is 26.4. The number of aliphatic hydroxyl groups excluding tert-OH is 1. The quantitative estimate of drug-likeness (QED) is 0.0635. The lowest BCUT2D eigenvalue weighted by atomic mass is 9.92. The number of thiazole rings is 1. The van der Waals surface area contributed by atoms with Crippen LogP contribution in [0.2, 0.25) is 0 Å². The van der Waals surface area contributed by atoms with Crippen molar-refractivity contribution in [2.24, 2.45) is 5.92 Å². The summed E-state index contributed by atoms with van der Waals surface area (Å²) >= 11 is 1.61. The van der Waals surface area contributed by atoms with Crippen molar-refractivity contribution >= 4 is 34.4 Å². The molecular weight excluding hydrogens is 995 g/mol. The average Bonchev–Trinajstić information content (AvgIpc) is 4.23. The van der Waals surface area contributed by atoms with Gasteiger partial charge in [-0.25, -0.2) is 15.0 Å². The van der Waals surface area contributed by atoms with Crippen LogP contribution in [0.15, 0.2) is 107 Å². The maximum Gasteiger partial charge on any atom is 0.255 e. The standard InChI is InChI=1S/C58H63N11O7S/c1-34(2)48(32-68-31-43(70)23-51(68)58(72)63-35(3)37-11-13-38(14-12-37)56-36(4)62-33-77-56)53-27-55(66-76-53)73-21-7-8-39-15-18-44(28-61-39)74-45-24-46(25-45)75-54-22-40(19-20-60-54)69-41-16-17-42(69)30-67(29-41)50-26-49(64-65-57(50)59)47-9-5-6-10-52(47)71/h5-6,9-15,18-20,22,26-28,33-35,41-43,45-46,48,51,70-71H,16-17,21,23-25,29-32H2,1-4H3,(H2,59,65)(H,63,72)/t35-,41?,42?,43+,45?,46?,48+,51-/m0/s1. The number of nitrogen functional groups attached to an aromatic ring is 1. The van der Waals surface area contributed by atoms with Crippen molar-refractivity contribution in [2.75, 3.05) is 48.3 Å². The molecule has 4 fully saturated rings. The van der Waals surface area contributed by atoms with Gasteiger partial charge in [-0.3, -0.25) is 9.69 Å². The molecule has 2 unspecified atom stereocenters. The van der Waals surface area contributed by atoms with Crippen molar-refractivity contribution in [3.8, 4) is 56.8 Å². The number of ether oxygens (including phenoxy) is 3. The molecule has 3 saturated heterocycles. The Bertz CT molecular complexity index is 3230. The zero-order chi connectivity index (χ0) is 53.2. The minimum Gasteiger partial charge on any atom is -0.507 e. The Morgan fingerprint density at radius 1 is 0.909 bits per heavy atom. The fourth-order valence-corrected chi connectivity index (χ4v) is 11.9. The van der Waals surface area contributed by atoms with Crippen LogP contribution < -0.4 is 35.1 Å². The number of piperazine rings is 1. The molecule has 77 heavy (non-hydrogen) atoms. The number of pyridine rings is 2. The number of carbonyl (C=O) groups is 1. The number of phenols is 1. The van der Waals surface area contributed by atoms with Crippen molar-refractivity contribution < 1.29 is 33.7 Å². The Balaban J connectivity index is 0.619. The van der Waals surface area contributed by atoms with Crippen molar-refractivity contribution in [1.29, 1.82) is 0 Å². The van der Waals surface area contributed by atoms with Gasteiger partial charge < -0.3 is 49.8 Å². The van der Waals surface area contributed by atoms with E-state index in [4.69, 9.17) is 24.5 Å². The highest BCUT2D eigenvalue weighted by molar-refractivity contribution is 7.13. The van der Waals surface area contributed by atoms with E-state index in [9.17, 15) is 15.0 Å². The fourth-order valence-electron chi connectivity index (χ4n) is 11.1. The lowest BCUT2D eigenvalue weighted by Crippen LogP contribution is -2.54. The summed E-state index contributed by atoms with van der Waals surface area (Å²) in [4.78, 5) is 35.1. The number of benzene rings is 2. The minimum absolute atomic E-state index is 0.00531. The summed E-state index contributed by atoms with van der Waals surface area (Å²) in [6.45, 7) is 10.7. The zero-order valence-electron chi connectivity index (χ0n) is 43.5. The van der Waals surface area contributed by atoms with Gasteiger partial charge in [0, 0.05) is 86.6 Å². The number of rotatable bonds is 17.